The predicted octanol–water partition coefficient (Wildman–Crippen LogP) is 4.90. The summed E-state index contributed by atoms with van der Waals surface area (Å²) in [4.78, 5) is 18.4. The van der Waals surface area contributed by atoms with Crippen molar-refractivity contribution in [3.8, 4) is 11.5 Å². The summed E-state index contributed by atoms with van der Waals surface area (Å²) in [6, 6.07) is 18.8. The van der Waals surface area contributed by atoms with E-state index in [-0.39, 0.29) is 5.91 Å². The van der Waals surface area contributed by atoms with E-state index in [0.29, 0.717) is 28.5 Å². The van der Waals surface area contributed by atoms with Gasteiger partial charge in [-0.15, -0.1) is 11.8 Å². The molecule has 2 heterocycles. The smallest absolute Gasteiger partial charge is 0.256 e. The van der Waals surface area contributed by atoms with Gasteiger partial charge in [-0.25, -0.2) is 4.98 Å². The van der Waals surface area contributed by atoms with E-state index in [1.807, 2.05) is 59.3 Å². The number of pyridine rings is 1. The molecule has 30 heavy (non-hydrogen) atoms. The monoisotopic (exact) mass is 419 g/mol. The van der Waals surface area contributed by atoms with Gasteiger partial charge in [0.15, 0.2) is 11.5 Å². The van der Waals surface area contributed by atoms with Crippen LogP contribution in [0.2, 0.25) is 0 Å². The van der Waals surface area contributed by atoms with Crippen LogP contribution in [0, 0.1) is 0 Å². The van der Waals surface area contributed by atoms with E-state index in [4.69, 9.17) is 9.47 Å². The summed E-state index contributed by atoms with van der Waals surface area (Å²) in [5.74, 6) is 1.66. The van der Waals surface area contributed by atoms with E-state index in [2.05, 4.69) is 10.3 Å². The third kappa shape index (κ3) is 4.26. The van der Waals surface area contributed by atoms with Gasteiger partial charge in [-0.2, -0.15) is 0 Å². The highest BCUT2D eigenvalue weighted by Gasteiger charge is 2.14. The molecule has 7 heteroatoms. The van der Waals surface area contributed by atoms with Gasteiger partial charge in [-0.05, 0) is 36.4 Å². The first-order valence-electron chi connectivity index (χ1n) is 9.36. The van der Waals surface area contributed by atoms with Crippen LogP contribution in [0.1, 0.15) is 16.1 Å². The number of nitrogens with zero attached hydrogens (tertiary/aromatic N) is 2. The Labute approximate surface area is 178 Å². The average molecular weight is 420 g/mol. The molecule has 2 aromatic carbocycles. The molecule has 0 radical (unpaired) electrons. The molecule has 0 fully saturated rings. The lowest BCUT2D eigenvalue weighted by atomic mass is 10.2. The average Bonchev–Trinajstić information content (AvgIpc) is 3.20. The van der Waals surface area contributed by atoms with Crippen molar-refractivity contribution in [2.45, 2.75) is 10.6 Å². The number of thioether (sulfide) groups is 1. The van der Waals surface area contributed by atoms with Crippen LogP contribution < -0.4 is 14.8 Å². The van der Waals surface area contributed by atoms with Gasteiger partial charge in [0.05, 0.1) is 25.5 Å². The number of benzene rings is 2. The summed E-state index contributed by atoms with van der Waals surface area (Å²) >= 11 is 1.59. The van der Waals surface area contributed by atoms with Crippen LogP contribution in [-0.4, -0.2) is 29.5 Å². The number of methoxy groups -OCH3 is 2. The maximum absolute atomic E-state index is 12.9. The number of aromatic nitrogens is 2. The molecule has 0 aliphatic rings. The maximum Gasteiger partial charge on any atom is 0.256 e. The molecule has 4 rings (SSSR count). The van der Waals surface area contributed by atoms with Gasteiger partial charge in [0.1, 0.15) is 5.65 Å². The Morgan fingerprint density at radius 3 is 2.63 bits per heavy atom. The quantitative estimate of drug-likeness (QED) is 0.432. The van der Waals surface area contributed by atoms with Crippen molar-refractivity contribution >= 4 is 29.0 Å². The third-order valence-corrected chi connectivity index (χ3v) is 5.67. The summed E-state index contributed by atoms with van der Waals surface area (Å²) in [5, 5.41) is 2.94. The fourth-order valence-corrected chi connectivity index (χ4v) is 4.03. The molecule has 0 aliphatic heterocycles. The minimum absolute atomic E-state index is 0.180. The molecule has 6 nitrogen and oxygen atoms in total. The van der Waals surface area contributed by atoms with Crippen molar-refractivity contribution in [3.63, 3.8) is 0 Å². The summed E-state index contributed by atoms with van der Waals surface area (Å²) in [6.45, 7) is 0. The molecule has 0 bridgehead atoms. The molecule has 0 saturated carbocycles. The number of ether oxygens (including phenoxy) is 2. The Kier molecular flexibility index (Phi) is 5.90. The number of rotatable bonds is 7. The van der Waals surface area contributed by atoms with Gasteiger partial charge >= 0.3 is 0 Å². The third-order valence-electron chi connectivity index (χ3n) is 4.56. The van der Waals surface area contributed by atoms with E-state index < -0.39 is 0 Å². The Balaban J connectivity index is 1.50. The number of amides is 1. The van der Waals surface area contributed by atoms with E-state index in [9.17, 15) is 4.79 Å². The molecule has 0 spiro atoms. The first-order chi connectivity index (χ1) is 14.7. The van der Waals surface area contributed by atoms with E-state index in [1.165, 1.54) is 0 Å². The molecule has 0 saturated heterocycles. The van der Waals surface area contributed by atoms with Crippen molar-refractivity contribution in [3.05, 3.63) is 84.3 Å². The number of hydrogen-bond acceptors (Lipinski definition) is 5. The Morgan fingerprint density at radius 1 is 1.03 bits per heavy atom. The minimum atomic E-state index is -0.180. The fraction of sp³-hybridized carbons (Fsp3) is 0.130. The van der Waals surface area contributed by atoms with Crippen molar-refractivity contribution < 1.29 is 14.3 Å². The molecule has 0 aliphatic carbocycles. The normalized spacial score (nSPS) is 10.7. The van der Waals surface area contributed by atoms with E-state index in [0.717, 1.165) is 16.2 Å². The van der Waals surface area contributed by atoms with Crippen LogP contribution in [-0.2, 0) is 5.75 Å². The first kappa shape index (κ1) is 19.8. The second-order valence-electron chi connectivity index (χ2n) is 6.51. The molecule has 2 aromatic heterocycles. The second kappa shape index (κ2) is 8.92. The summed E-state index contributed by atoms with van der Waals surface area (Å²) in [5.41, 5.74) is 3.12. The second-order valence-corrected chi connectivity index (χ2v) is 7.52. The zero-order valence-electron chi connectivity index (χ0n) is 16.7. The SMILES string of the molecule is COc1ccc(NC(=O)c2ccccc2SCc2cn3ccccc3n2)cc1OC. The van der Waals surface area contributed by atoms with Gasteiger partial charge < -0.3 is 19.2 Å². The summed E-state index contributed by atoms with van der Waals surface area (Å²) in [6.07, 6.45) is 3.98. The van der Waals surface area contributed by atoms with E-state index >= 15 is 0 Å². The van der Waals surface area contributed by atoms with Gasteiger partial charge in [0, 0.05) is 34.8 Å². The highest BCUT2D eigenvalue weighted by Crippen LogP contribution is 2.31. The molecular weight excluding hydrogens is 398 g/mol. The maximum atomic E-state index is 12.9. The lowest BCUT2D eigenvalue weighted by Crippen LogP contribution is -2.13. The van der Waals surface area contributed by atoms with Crippen molar-refractivity contribution in [2.75, 3.05) is 19.5 Å². The van der Waals surface area contributed by atoms with Crippen LogP contribution in [0.15, 0.2) is 78.0 Å². The Morgan fingerprint density at radius 2 is 1.83 bits per heavy atom. The van der Waals surface area contributed by atoms with Crippen molar-refractivity contribution in [2.24, 2.45) is 0 Å². The van der Waals surface area contributed by atoms with Crippen LogP contribution in [0.4, 0.5) is 5.69 Å². The first-order valence-corrected chi connectivity index (χ1v) is 10.3. The number of carbonyl (C=O) groups is 1. The minimum Gasteiger partial charge on any atom is -0.493 e. The zero-order valence-corrected chi connectivity index (χ0v) is 17.5. The number of hydrogen-bond donors (Lipinski definition) is 1. The lowest BCUT2D eigenvalue weighted by Gasteiger charge is -2.12. The van der Waals surface area contributed by atoms with Gasteiger partial charge in [0.2, 0.25) is 0 Å². The number of anilines is 1. The van der Waals surface area contributed by atoms with Gasteiger partial charge in [0.25, 0.3) is 5.91 Å². The lowest BCUT2D eigenvalue weighted by molar-refractivity contribution is 0.102. The molecule has 0 unspecified atom stereocenters. The van der Waals surface area contributed by atoms with Crippen LogP contribution >= 0.6 is 11.8 Å². The molecule has 152 valence electrons. The zero-order chi connectivity index (χ0) is 20.9. The van der Waals surface area contributed by atoms with Crippen LogP contribution in [0.3, 0.4) is 0 Å². The van der Waals surface area contributed by atoms with Gasteiger partial charge in [-0.1, -0.05) is 18.2 Å². The summed E-state index contributed by atoms with van der Waals surface area (Å²) < 4.78 is 12.5. The number of carbonyl (C=O) groups excluding carboxylic acids is 1. The van der Waals surface area contributed by atoms with Crippen LogP contribution in [0.5, 0.6) is 11.5 Å². The largest absolute Gasteiger partial charge is 0.493 e. The number of fused-ring (bicyclic) bond motifs is 1. The predicted molar refractivity (Wildman–Crippen MR) is 119 cm³/mol. The number of nitrogens with one attached hydrogen (secondary N) is 1. The van der Waals surface area contributed by atoms with Crippen molar-refractivity contribution in [1.29, 1.82) is 0 Å². The van der Waals surface area contributed by atoms with Crippen molar-refractivity contribution in [1.82, 2.24) is 9.38 Å². The fourth-order valence-electron chi connectivity index (χ4n) is 3.10. The molecule has 0 atom stereocenters. The molecule has 1 N–H and O–H groups in total. The summed E-state index contributed by atoms with van der Waals surface area (Å²) in [7, 11) is 3.14. The Hall–Kier alpha value is -3.45. The molecular formula is C23H21N3O3S. The highest BCUT2D eigenvalue weighted by atomic mass is 32.2. The standard InChI is InChI=1S/C23H21N3O3S/c1-28-19-11-10-16(13-20(19)29-2)25-23(27)18-7-3-4-8-21(18)30-15-17-14-26-12-6-5-9-22(26)24-17/h3-14H,15H2,1-2H3,(H,25,27). The highest BCUT2D eigenvalue weighted by molar-refractivity contribution is 7.98. The van der Waals surface area contributed by atoms with Gasteiger partial charge in [-0.3, -0.25) is 4.79 Å². The molecule has 1 amide bonds. The topological polar surface area (TPSA) is 64.9 Å². The molecule has 4 aromatic rings. The van der Waals surface area contributed by atoms with Crippen LogP contribution in [0.25, 0.3) is 5.65 Å². The Bertz CT molecular complexity index is 1160. The number of imidazole rings is 1. The van der Waals surface area contributed by atoms with E-state index in [1.54, 1.807) is 44.2 Å².